The quantitative estimate of drug-likeness (QED) is 0.114. The van der Waals surface area contributed by atoms with Crippen molar-refractivity contribution in [2.24, 2.45) is 29.5 Å². The molecule has 6 aliphatic rings. The number of ether oxygens (including phenoxy) is 2. The van der Waals surface area contributed by atoms with Crippen LogP contribution >= 0.6 is 0 Å². The molecule has 2 amide bonds. The lowest BCUT2D eigenvalue weighted by molar-refractivity contribution is -0.184. The molecule has 1 unspecified atom stereocenters. The van der Waals surface area contributed by atoms with Crippen LogP contribution in [0.15, 0.2) is 66.0 Å². The van der Waals surface area contributed by atoms with Gasteiger partial charge in [0.25, 0.3) is 11.8 Å². The van der Waals surface area contributed by atoms with Crippen molar-refractivity contribution in [3.63, 3.8) is 0 Å². The molecule has 2 aromatic rings. The van der Waals surface area contributed by atoms with Crippen molar-refractivity contribution in [3.05, 3.63) is 82.7 Å². The summed E-state index contributed by atoms with van der Waals surface area (Å²) in [6, 6.07) is 15.8. The van der Waals surface area contributed by atoms with Gasteiger partial charge in [-0.3, -0.25) is 14.4 Å². The van der Waals surface area contributed by atoms with Gasteiger partial charge in [0, 0.05) is 5.56 Å². The summed E-state index contributed by atoms with van der Waals surface area (Å²) in [5, 5.41) is 5.95. The van der Waals surface area contributed by atoms with Gasteiger partial charge in [-0.25, -0.2) is 20.7 Å². The van der Waals surface area contributed by atoms with E-state index in [4.69, 9.17) is 20.2 Å². The Hall–Kier alpha value is -3.73. The lowest BCUT2D eigenvalue weighted by atomic mass is 9.54. The summed E-state index contributed by atoms with van der Waals surface area (Å²) in [6.07, 6.45) is 12.2. The minimum absolute atomic E-state index is 0.0993. The summed E-state index contributed by atoms with van der Waals surface area (Å²) in [4.78, 5) is 46.8. The third-order valence-electron chi connectivity index (χ3n) is 11.1. The van der Waals surface area contributed by atoms with Gasteiger partial charge in [0.2, 0.25) is 0 Å². The highest BCUT2D eigenvalue weighted by molar-refractivity contribution is 6.10. The zero-order valence-corrected chi connectivity index (χ0v) is 27.2. The minimum Gasteiger partial charge on any atom is -0.465 e. The molecule has 0 saturated heterocycles. The summed E-state index contributed by atoms with van der Waals surface area (Å²) < 4.78 is 11.7. The van der Waals surface area contributed by atoms with Crippen LogP contribution in [0.25, 0.3) is 0 Å². The van der Waals surface area contributed by atoms with Gasteiger partial charge in [-0.15, -0.1) is 0 Å². The number of nitrogens with zero attached hydrogens (tertiary/aromatic N) is 2. The lowest BCUT2D eigenvalue weighted by Gasteiger charge is -2.56. The number of methoxy groups -OCH3 is 1. The van der Waals surface area contributed by atoms with Gasteiger partial charge in [0.05, 0.1) is 30.6 Å². The van der Waals surface area contributed by atoms with E-state index in [1.807, 2.05) is 30.3 Å². The zero-order chi connectivity index (χ0) is 32.5. The predicted octanol–water partition coefficient (Wildman–Crippen LogP) is 5.46. The largest absolute Gasteiger partial charge is 0.465 e. The Bertz CT molecular complexity index is 1480. The molecule has 10 heteroatoms. The number of hydroxylamine groups is 2. The Labute approximate surface area is 276 Å². The average Bonchev–Trinajstić information content (AvgIpc) is 3.47. The third-order valence-corrected chi connectivity index (χ3v) is 11.1. The SMILES string of the molecule is COC(=O)c1cccc(C(=O)N(N)C(=O)C2=C(COC34CC5CC(CC(C5)C3)C4)NC(C3CCCCC3)N2OCc2ccccc2)c1. The smallest absolute Gasteiger partial charge is 0.337 e. The number of imide groups is 1. The number of carbonyl (C=O) groups is 3. The molecule has 3 N–H and O–H groups in total. The van der Waals surface area contributed by atoms with Gasteiger partial charge in [-0.1, -0.05) is 55.7 Å². The molecule has 47 heavy (non-hydrogen) atoms. The van der Waals surface area contributed by atoms with Gasteiger partial charge in [0.15, 0.2) is 5.70 Å². The van der Waals surface area contributed by atoms with E-state index in [0.29, 0.717) is 28.5 Å². The van der Waals surface area contributed by atoms with Crippen LogP contribution in [0, 0.1) is 23.7 Å². The van der Waals surface area contributed by atoms with Crippen LogP contribution in [0.5, 0.6) is 0 Å². The summed E-state index contributed by atoms with van der Waals surface area (Å²) in [6.45, 7) is 0.451. The Balaban J connectivity index is 1.20. The fourth-order valence-corrected chi connectivity index (χ4v) is 9.21. The van der Waals surface area contributed by atoms with Crippen LogP contribution in [0.3, 0.4) is 0 Å². The second-order valence-electron chi connectivity index (χ2n) is 14.3. The first-order valence-electron chi connectivity index (χ1n) is 17.2. The molecule has 1 aliphatic heterocycles. The van der Waals surface area contributed by atoms with E-state index in [2.05, 4.69) is 5.32 Å². The van der Waals surface area contributed by atoms with Crippen molar-refractivity contribution >= 4 is 17.8 Å². The number of amides is 2. The monoisotopic (exact) mass is 642 g/mol. The number of carbonyl (C=O) groups excluding carboxylic acids is 3. The highest BCUT2D eigenvalue weighted by atomic mass is 16.7. The van der Waals surface area contributed by atoms with E-state index in [1.54, 1.807) is 17.2 Å². The molecule has 5 saturated carbocycles. The maximum Gasteiger partial charge on any atom is 0.337 e. The van der Waals surface area contributed by atoms with Crippen LogP contribution in [0.2, 0.25) is 0 Å². The first-order valence-corrected chi connectivity index (χ1v) is 17.2. The summed E-state index contributed by atoms with van der Waals surface area (Å²) >= 11 is 0. The number of rotatable bonds is 10. The molecular weight excluding hydrogens is 596 g/mol. The third kappa shape index (κ3) is 6.55. The fourth-order valence-electron chi connectivity index (χ4n) is 9.21. The van der Waals surface area contributed by atoms with Crippen molar-refractivity contribution in [3.8, 4) is 0 Å². The molecule has 4 bridgehead atoms. The molecule has 5 fully saturated rings. The van der Waals surface area contributed by atoms with E-state index in [9.17, 15) is 14.4 Å². The van der Waals surface area contributed by atoms with Crippen molar-refractivity contribution in [2.45, 2.75) is 89.0 Å². The topological polar surface area (TPSA) is 123 Å². The number of hydrazine groups is 1. The Morgan fingerprint density at radius 2 is 1.53 bits per heavy atom. The van der Waals surface area contributed by atoms with Crippen LogP contribution in [0.1, 0.15) is 96.9 Å². The van der Waals surface area contributed by atoms with Crippen LogP contribution in [-0.2, 0) is 25.7 Å². The van der Waals surface area contributed by atoms with Gasteiger partial charge in [-0.2, -0.15) is 0 Å². The Morgan fingerprint density at radius 3 is 2.19 bits per heavy atom. The van der Waals surface area contributed by atoms with Gasteiger partial charge < -0.3 is 14.8 Å². The normalized spacial score (nSPS) is 28.3. The maximum absolute atomic E-state index is 14.4. The van der Waals surface area contributed by atoms with E-state index in [0.717, 1.165) is 50.5 Å². The molecule has 0 spiro atoms. The second-order valence-corrected chi connectivity index (χ2v) is 14.3. The van der Waals surface area contributed by atoms with Crippen LogP contribution < -0.4 is 11.2 Å². The zero-order valence-electron chi connectivity index (χ0n) is 27.2. The standard InChI is InChI=1S/C37H46N4O6/c1-45-36(44)30-14-8-13-29(18-30)34(42)40(38)35(43)32-31(23-46-37-19-25-15-26(20-37)17-27(16-25)21-37)39-33(28-11-6-3-7-12-28)41(32)47-22-24-9-4-2-5-10-24/h2,4-5,8-10,13-14,18,25-28,33,39H,3,6-7,11-12,15-17,19-23,38H2,1H3. The predicted molar refractivity (Wildman–Crippen MR) is 174 cm³/mol. The second kappa shape index (κ2) is 13.4. The molecule has 5 aliphatic carbocycles. The number of nitrogens with one attached hydrogen (secondary N) is 1. The summed E-state index contributed by atoms with van der Waals surface area (Å²) in [7, 11) is 1.27. The summed E-state index contributed by atoms with van der Waals surface area (Å²) in [5.74, 6) is 6.72. The summed E-state index contributed by atoms with van der Waals surface area (Å²) in [5.41, 5.74) is 1.86. The maximum atomic E-state index is 14.4. The Morgan fingerprint density at radius 1 is 0.872 bits per heavy atom. The molecule has 250 valence electrons. The minimum atomic E-state index is -0.737. The fraction of sp³-hybridized carbons (Fsp3) is 0.541. The number of nitrogens with two attached hydrogens (primary N) is 1. The molecular formula is C37H46N4O6. The number of esters is 1. The van der Waals surface area contributed by atoms with Crippen molar-refractivity contribution in [2.75, 3.05) is 13.7 Å². The van der Waals surface area contributed by atoms with Gasteiger partial charge in [-0.05, 0) is 98.8 Å². The number of hydrogen-bond acceptors (Lipinski definition) is 9. The number of benzene rings is 2. The van der Waals surface area contributed by atoms with E-state index < -0.39 is 17.8 Å². The van der Waals surface area contributed by atoms with E-state index in [-0.39, 0.29) is 47.7 Å². The Kier molecular flexibility index (Phi) is 9.09. The average molecular weight is 643 g/mol. The van der Waals surface area contributed by atoms with Gasteiger partial charge in [0.1, 0.15) is 12.8 Å². The molecule has 8 rings (SSSR count). The van der Waals surface area contributed by atoms with Crippen molar-refractivity contribution in [1.82, 2.24) is 15.4 Å². The highest BCUT2D eigenvalue weighted by Crippen LogP contribution is 2.57. The molecule has 1 heterocycles. The molecule has 0 aromatic heterocycles. The lowest BCUT2D eigenvalue weighted by Crippen LogP contribution is -2.52. The van der Waals surface area contributed by atoms with Crippen molar-refractivity contribution in [1.29, 1.82) is 0 Å². The van der Waals surface area contributed by atoms with E-state index in [1.165, 1.54) is 44.9 Å². The number of hydrogen-bond donors (Lipinski definition) is 2. The first-order chi connectivity index (χ1) is 22.8. The molecule has 10 nitrogen and oxygen atoms in total. The van der Waals surface area contributed by atoms with Crippen molar-refractivity contribution < 1.29 is 28.7 Å². The first kappa shape index (κ1) is 31.8. The van der Waals surface area contributed by atoms with E-state index >= 15 is 0 Å². The molecule has 0 radical (unpaired) electrons. The molecule has 2 aromatic carbocycles. The highest BCUT2D eigenvalue weighted by Gasteiger charge is 2.52. The van der Waals surface area contributed by atoms with Crippen LogP contribution in [0.4, 0.5) is 0 Å². The van der Waals surface area contributed by atoms with Gasteiger partial charge >= 0.3 is 5.97 Å². The molecule has 1 atom stereocenters. The van der Waals surface area contributed by atoms with Crippen LogP contribution in [-0.4, -0.2) is 53.3 Å².